The highest BCUT2D eigenvalue weighted by Crippen LogP contribution is 2.31. The van der Waals surface area contributed by atoms with Crippen molar-refractivity contribution in [3.63, 3.8) is 0 Å². The molecule has 0 spiro atoms. The van der Waals surface area contributed by atoms with E-state index in [0.29, 0.717) is 13.1 Å². The number of carbonyl (C=O) groups is 1. The zero-order chi connectivity index (χ0) is 17.2. The van der Waals surface area contributed by atoms with Gasteiger partial charge in [0.15, 0.2) is 0 Å². The molecule has 1 aromatic carbocycles. The Morgan fingerprint density at radius 3 is 2.65 bits per heavy atom. The van der Waals surface area contributed by atoms with Crippen molar-refractivity contribution in [3.05, 3.63) is 23.8 Å². The number of hydrogen-bond acceptors (Lipinski definition) is 5. The number of aromatic carboxylic acids is 1. The van der Waals surface area contributed by atoms with Crippen molar-refractivity contribution >= 4 is 16.0 Å². The molecule has 7 nitrogen and oxygen atoms in total. The summed E-state index contributed by atoms with van der Waals surface area (Å²) in [5.74, 6) is -1.66. The van der Waals surface area contributed by atoms with Gasteiger partial charge in [-0.2, -0.15) is 4.31 Å². The second-order valence-electron chi connectivity index (χ2n) is 6.02. The molecule has 1 aromatic rings. The van der Waals surface area contributed by atoms with E-state index in [4.69, 9.17) is 5.11 Å². The Hall–Kier alpha value is -1.64. The Bertz CT molecular complexity index is 687. The fourth-order valence-corrected chi connectivity index (χ4v) is 4.67. The van der Waals surface area contributed by atoms with Crippen LogP contribution < -0.4 is 0 Å². The van der Waals surface area contributed by atoms with Crippen LogP contribution in [0.2, 0.25) is 0 Å². The molecule has 23 heavy (non-hydrogen) atoms. The van der Waals surface area contributed by atoms with Gasteiger partial charge in [0, 0.05) is 19.1 Å². The highest BCUT2D eigenvalue weighted by molar-refractivity contribution is 7.89. The Morgan fingerprint density at radius 2 is 2.04 bits per heavy atom. The molecule has 0 amide bonds. The summed E-state index contributed by atoms with van der Waals surface area (Å²) in [5, 5.41) is 19.0. The second-order valence-corrected chi connectivity index (χ2v) is 7.87. The molecule has 0 bridgehead atoms. The summed E-state index contributed by atoms with van der Waals surface area (Å²) in [4.78, 5) is 12.7. The number of aromatic hydroxyl groups is 1. The number of rotatable bonds is 5. The number of carboxylic acid groups (broad SMARTS) is 1. The van der Waals surface area contributed by atoms with E-state index in [1.165, 1.54) is 10.4 Å². The summed E-state index contributed by atoms with van der Waals surface area (Å²) < 4.78 is 27.2. The number of carboxylic acids is 1. The number of likely N-dealkylation sites (N-methyl/N-ethyl adjacent to an activating group) is 1. The summed E-state index contributed by atoms with van der Waals surface area (Å²) in [7, 11) is -0.196. The van der Waals surface area contributed by atoms with Crippen molar-refractivity contribution in [2.75, 3.05) is 27.2 Å². The lowest BCUT2D eigenvalue weighted by atomic mass is 10.0. The maximum absolute atomic E-state index is 12.9. The molecule has 1 heterocycles. The van der Waals surface area contributed by atoms with Crippen LogP contribution in [0.25, 0.3) is 0 Å². The fourth-order valence-electron chi connectivity index (χ4n) is 2.87. The first kappa shape index (κ1) is 17.7. The Balaban J connectivity index is 2.43. The fraction of sp³-hybridized carbons (Fsp3) is 0.533. The average Bonchev–Trinajstić information content (AvgIpc) is 2.47. The van der Waals surface area contributed by atoms with Crippen LogP contribution in [0, 0.1) is 0 Å². The molecule has 1 aliphatic rings. The van der Waals surface area contributed by atoms with Gasteiger partial charge in [-0.25, -0.2) is 13.2 Å². The molecule has 2 N–H and O–H groups in total. The number of phenolic OH excluding ortho intramolecular Hbond substituents is 1. The third kappa shape index (κ3) is 3.82. The summed E-state index contributed by atoms with van der Waals surface area (Å²) in [6, 6.07) is 3.14. The van der Waals surface area contributed by atoms with Crippen LogP contribution in [0.1, 0.15) is 29.6 Å². The minimum absolute atomic E-state index is 0.164. The van der Waals surface area contributed by atoms with Crippen LogP contribution in [0.3, 0.4) is 0 Å². The van der Waals surface area contributed by atoms with Crippen LogP contribution >= 0.6 is 0 Å². The van der Waals surface area contributed by atoms with Crippen molar-refractivity contribution in [1.29, 1.82) is 0 Å². The molecule has 1 saturated heterocycles. The largest absolute Gasteiger partial charge is 0.507 e. The second kappa shape index (κ2) is 6.86. The molecular weight excluding hydrogens is 320 g/mol. The van der Waals surface area contributed by atoms with Gasteiger partial charge in [-0.1, -0.05) is 6.42 Å². The van der Waals surface area contributed by atoms with E-state index in [-0.39, 0.29) is 16.5 Å². The van der Waals surface area contributed by atoms with Gasteiger partial charge >= 0.3 is 5.97 Å². The monoisotopic (exact) mass is 342 g/mol. The number of sulfonamides is 1. The molecule has 128 valence electrons. The van der Waals surface area contributed by atoms with Crippen LogP contribution in [-0.4, -0.2) is 67.0 Å². The lowest BCUT2D eigenvalue weighted by molar-refractivity contribution is 0.0696. The molecule has 1 atom stereocenters. The quantitative estimate of drug-likeness (QED) is 0.834. The lowest BCUT2D eigenvalue weighted by Crippen LogP contribution is -2.48. The zero-order valence-corrected chi connectivity index (χ0v) is 14.1. The van der Waals surface area contributed by atoms with E-state index >= 15 is 0 Å². The zero-order valence-electron chi connectivity index (χ0n) is 13.3. The SMILES string of the molecule is CN(C)CC1CCCCN1S(=O)(=O)c1cc(C(=O)O)ccc1O. The number of phenols is 1. The molecule has 0 saturated carbocycles. The topological polar surface area (TPSA) is 98.2 Å². The number of hydrogen-bond donors (Lipinski definition) is 2. The van der Waals surface area contributed by atoms with E-state index < -0.39 is 21.7 Å². The number of piperidine rings is 1. The molecule has 0 aromatic heterocycles. The Labute approximate surface area is 136 Å². The number of nitrogens with zero attached hydrogens (tertiary/aromatic N) is 2. The van der Waals surface area contributed by atoms with Crippen molar-refractivity contribution in [2.45, 2.75) is 30.2 Å². The molecule has 2 rings (SSSR count). The predicted molar refractivity (Wildman–Crippen MR) is 85.2 cm³/mol. The first-order chi connectivity index (χ1) is 10.7. The summed E-state index contributed by atoms with van der Waals surface area (Å²) in [5.41, 5.74) is -0.164. The third-order valence-corrected chi connectivity index (χ3v) is 5.92. The molecular formula is C15H22N2O5S. The molecule has 1 aliphatic heterocycles. The van der Waals surface area contributed by atoms with E-state index in [1.807, 2.05) is 19.0 Å². The lowest BCUT2D eigenvalue weighted by Gasteiger charge is -2.36. The predicted octanol–water partition coefficient (Wildman–Crippen LogP) is 1.20. The van der Waals surface area contributed by atoms with Crippen LogP contribution in [0.4, 0.5) is 0 Å². The Kier molecular flexibility index (Phi) is 5.28. The van der Waals surface area contributed by atoms with Crippen LogP contribution in [-0.2, 0) is 10.0 Å². The minimum atomic E-state index is -3.95. The van der Waals surface area contributed by atoms with Gasteiger partial charge in [0.2, 0.25) is 10.0 Å². The number of benzene rings is 1. The molecule has 0 radical (unpaired) electrons. The first-order valence-electron chi connectivity index (χ1n) is 7.46. The maximum Gasteiger partial charge on any atom is 0.335 e. The van der Waals surface area contributed by atoms with Gasteiger partial charge in [0.05, 0.1) is 5.56 Å². The van der Waals surface area contributed by atoms with Crippen LogP contribution in [0.15, 0.2) is 23.1 Å². The van der Waals surface area contributed by atoms with Gasteiger partial charge in [0.1, 0.15) is 10.6 Å². The average molecular weight is 342 g/mol. The third-order valence-electron chi connectivity index (χ3n) is 3.94. The van der Waals surface area contributed by atoms with Gasteiger partial charge in [0.25, 0.3) is 0 Å². The minimum Gasteiger partial charge on any atom is -0.507 e. The molecule has 1 fully saturated rings. The highest BCUT2D eigenvalue weighted by atomic mass is 32.2. The van der Waals surface area contributed by atoms with E-state index in [2.05, 4.69) is 0 Å². The van der Waals surface area contributed by atoms with Gasteiger partial charge in [-0.3, -0.25) is 0 Å². The molecule has 1 unspecified atom stereocenters. The van der Waals surface area contributed by atoms with Crippen molar-refractivity contribution in [1.82, 2.24) is 9.21 Å². The molecule has 8 heteroatoms. The van der Waals surface area contributed by atoms with E-state index in [0.717, 1.165) is 31.4 Å². The van der Waals surface area contributed by atoms with Gasteiger partial charge in [-0.15, -0.1) is 0 Å². The van der Waals surface area contributed by atoms with Crippen LogP contribution in [0.5, 0.6) is 5.75 Å². The van der Waals surface area contributed by atoms with Crippen molar-refractivity contribution < 1.29 is 23.4 Å². The van der Waals surface area contributed by atoms with Gasteiger partial charge < -0.3 is 15.1 Å². The summed E-state index contributed by atoms with van der Waals surface area (Å²) in [6.07, 6.45) is 2.45. The smallest absolute Gasteiger partial charge is 0.335 e. The van der Waals surface area contributed by atoms with Crippen molar-refractivity contribution in [2.24, 2.45) is 0 Å². The highest BCUT2D eigenvalue weighted by Gasteiger charge is 2.35. The van der Waals surface area contributed by atoms with Gasteiger partial charge in [-0.05, 0) is 45.1 Å². The van der Waals surface area contributed by atoms with Crippen molar-refractivity contribution in [3.8, 4) is 5.75 Å². The normalized spacial score (nSPS) is 19.9. The maximum atomic E-state index is 12.9. The molecule has 0 aliphatic carbocycles. The Morgan fingerprint density at radius 1 is 1.35 bits per heavy atom. The summed E-state index contributed by atoms with van der Waals surface area (Å²) in [6.45, 7) is 0.955. The summed E-state index contributed by atoms with van der Waals surface area (Å²) >= 11 is 0. The van der Waals surface area contributed by atoms with E-state index in [9.17, 15) is 18.3 Å². The standard InChI is InChI=1S/C15H22N2O5S/c1-16(2)10-12-5-3-4-8-17(12)23(21,22)14-9-11(15(19)20)6-7-13(14)18/h6-7,9,12,18H,3-5,8,10H2,1-2H3,(H,19,20). The van der Waals surface area contributed by atoms with E-state index in [1.54, 1.807) is 0 Å². The first-order valence-corrected chi connectivity index (χ1v) is 8.90.